The van der Waals surface area contributed by atoms with Crippen molar-refractivity contribution < 1.29 is 14.8 Å². The van der Waals surface area contributed by atoms with Gasteiger partial charge in [0.25, 0.3) is 0 Å². The molecule has 1 aliphatic rings. The number of nitrogens with one attached hydrogen (secondary N) is 2. The Labute approximate surface area is 113 Å². The van der Waals surface area contributed by atoms with Gasteiger partial charge in [-0.2, -0.15) is 0 Å². The van der Waals surface area contributed by atoms with Crippen LogP contribution in [0.1, 0.15) is 6.92 Å². The topological polar surface area (TPSA) is 57.0 Å². The first-order valence-electron chi connectivity index (χ1n) is 6.77. The van der Waals surface area contributed by atoms with Crippen molar-refractivity contribution in [3.63, 3.8) is 0 Å². The van der Waals surface area contributed by atoms with Crippen LogP contribution in [0.2, 0.25) is 0 Å². The molecule has 0 bridgehead atoms. The van der Waals surface area contributed by atoms with Gasteiger partial charge in [-0.15, -0.1) is 0 Å². The molecule has 0 unspecified atom stereocenters. The van der Waals surface area contributed by atoms with Crippen molar-refractivity contribution in [3.05, 3.63) is 24.3 Å². The Bertz CT molecular complexity index is 411. The summed E-state index contributed by atoms with van der Waals surface area (Å²) >= 11 is 0. The number of hydrogen-bond donors (Lipinski definition) is 3. The highest BCUT2D eigenvalue weighted by molar-refractivity contribution is 5.72. The number of benzene rings is 1. The summed E-state index contributed by atoms with van der Waals surface area (Å²) in [6.45, 7) is 7.49. The summed E-state index contributed by atoms with van der Waals surface area (Å²) in [5.74, 6) is 0.352. The monoisotopic (exact) mass is 264 g/mol. The third kappa shape index (κ3) is 4.13. The van der Waals surface area contributed by atoms with Gasteiger partial charge in [-0.25, -0.2) is 0 Å². The van der Waals surface area contributed by atoms with Crippen LogP contribution in [-0.4, -0.2) is 50.3 Å². The average molecular weight is 264 g/mol. The van der Waals surface area contributed by atoms with Crippen LogP contribution in [0.5, 0.6) is 5.75 Å². The second kappa shape index (κ2) is 6.43. The standard InChI is InChI=1S/C14H21N3O2/c1-12(18)15-6-7-16-8-10-17(11-9-16)13-2-4-14(19)5-3-13/h2-5,19H,6-11H2,1H3,(H,15,18)/p+1. The van der Waals surface area contributed by atoms with Crippen LogP contribution >= 0.6 is 0 Å². The van der Waals surface area contributed by atoms with Gasteiger partial charge in [0, 0.05) is 12.6 Å². The van der Waals surface area contributed by atoms with Crippen molar-refractivity contribution in [3.8, 4) is 5.75 Å². The summed E-state index contributed by atoms with van der Waals surface area (Å²) < 4.78 is 0. The molecular formula is C14H22N3O2+. The van der Waals surface area contributed by atoms with Crippen LogP contribution in [0.15, 0.2) is 24.3 Å². The number of carbonyl (C=O) groups excluding carboxylic acids is 1. The molecule has 0 atom stereocenters. The largest absolute Gasteiger partial charge is 0.508 e. The molecule has 1 aromatic rings. The van der Waals surface area contributed by atoms with Gasteiger partial charge in [0.15, 0.2) is 0 Å². The third-order valence-corrected chi connectivity index (χ3v) is 3.54. The Hall–Kier alpha value is -1.75. The quantitative estimate of drug-likeness (QED) is 0.669. The Morgan fingerprint density at radius 3 is 2.53 bits per heavy atom. The van der Waals surface area contributed by atoms with Gasteiger partial charge < -0.3 is 20.2 Å². The molecule has 1 fully saturated rings. The van der Waals surface area contributed by atoms with E-state index in [4.69, 9.17) is 0 Å². The molecule has 1 heterocycles. The summed E-state index contributed by atoms with van der Waals surface area (Å²) in [6.07, 6.45) is 0. The maximum absolute atomic E-state index is 10.8. The number of aromatic hydroxyl groups is 1. The Kier molecular flexibility index (Phi) is 4.63. The summed E-state index contributed by atoms with van der Waals surface area (Å²) in [6, 6.07) is 7.37. The predicted octanol–water partition coefficient (Wildman–Crippen LogP) is -0.767. The van der Waals surface area contributed by atoms with E-state index in [0.29, 0.717) is 5.75 Å². The first-order valence-corrected chi connectivity index (χ1v) is 6.77. The fourth-order valence-electron chi connectivity index (χ4n) is 2.41. The third-order valence-electron chi connectivity index (χ3n) is 3.54. The van der Waals surface area contributed by atoms with Crippen molar-refractivity contribution in [1.82, 2.24) is 5.32 Å². The molecule has 1 saturated heterocycles. The first kappa shape index (κ1) is 13.7. The predicted molar refractivity (Wildman–Crippen MR) is 74.6 cm³/mol. The maximum atomic E-state index is 10.8. The van der Waals surface area contributed by atoms with Crippen LogP contribution in [0.4, 0.5) is 5.69 Å². The number of amides is 1. The SMILES string of the molecule is CC(=O)NCC[NH+]1CCN(c2ccc(O)cc2)CC1. The Morgan fingerprint density at radius 1 is 1.32 bits per heavy atom. The van der Waals surface area contributed by atoms with Gasteiger partial charge in [0.1, 0.15) is 5.75 Å². The zero-order chi connectivity index (χ0) is 13.7. The Morgan fingerprint density at radius 2 is 1.95 bits per heavy atom. The lowest BCUT2D eigenvalue weighted by Crippen LogP contribution is -3.15. The summed E-state index contributed by atoms with van der Waals surface area (Å²) in [7, 11) is 0. The van der Waals surface area contributed by atoms with E-state index in [1.165, 1.54) is 10.6 Å². The van der Waals surface area contributed by atoms with E-state index in [1.54, 1.807) is 19.1 Å². The number of hydrogen-bond acceptors (Lipinski definition) is 3. The minimum atomic E-state index is 0.0436. The normalized spacial score (nSPS) is 16.4. The van der Waals surface area contributed by atoms with Gasteiger partial charge in [0.05, 0.1) is 39.3 Å². The van der Waals surface area contributed by atoms with E-state index >= 15 is 0 Å². The van der Waals surface area contributed by atoms with Crippen LogP contribution in [0.3, 0.4) is 0 Å². The number of phenols is 1. The number of piperazine rings is 1. The van der Waals surface area contributed by atoms with E-state index in [-0.39, 0.29) is 5.91 Å². The van der Waals surface area contributed by atoms with Gasteiger partial charge in [-0.3, -0.25) is 4.79 Å². The molecule has 0 aromatic heterocycles. The lowest BCUT2D eigenvalue weighted by Gasteiger charge is -2.33. The summed E-state index contributed by atoms with van der Waals surface area (Å²) in [5, 5.41) is 12.1. The minimum absolute atomic E-state index is 0.0436. The van der Waals surface area contributed by atoms with Crippen LogP contribution in [0.25, 0.3) is 0 Å². The highest BCUT2D eigenvalue weighted by Gasteiger charge is 2.19. The second-order valence-corrected chi connectivity index (χ2v) is 4.99. The van der Waals surface area contributed by atoms with Gasteiger partial charge >= 0.3 is 0 Å². The van der Waals surface area contributed by atoms with Crippen molar-refractivity contribution in [2.75, 3.05) is 44.2 Å². The number of carbonyl (C=O) groups is 1. The number of rotatable bonds is 4. The molecule has 3 N–H and O–H groups in total. The van der Waals surface area contributed by atoms with Crippen LogP contribution in [-0.2, 0) is 4.79 Å². The van der Waals surface area contributed by atoms with Gasteiger partial charge in [-0.05, 0) is 24.3 Å². The zero-order valence-electron chi connectivity index (χ0n) is 11.4. The fraction of sp³-hybridized carbons (Fsp3) is 0.500. The molecule has 19 heavy (non-hydrogen) atoms. The van der Waals surface area contributed by atoms with Gasteiger partial charge in [0.2, 0.25) is 5.91 Å². The number of nitrogens with zero attached hydrogens (tertiary/aromatic N) is 1. The molecule has 5 heteroatoms. The van der Waals surface area contributed by atoms with E-state index in [1.807, 2.05) is 12.1 Å². The van der Waals surface area contributed by atoms with Crippen molar-refractivity contribution in [1.29, 1.82) is 0 Å². The first-order chi connectivity index (χ1) is 9.15. The Balaban J connectivity index is 1.76. The minimum Gasteiger partial charge on any atom is -0.508 e. The molecule has 1 aliphatic heterocycles. The molecule has 0 saturated carbocycles. The zero-order valence-corrected chi connectivity index (χ0v) is 11.4. The van der Waals surface area contributed by atoms with E-state index in [2.05, 4.69) is 10.2 Å². The highest BCUT2D eigenvalue weighted by Crippen LogP contribution is 2.17. The molecule has 0 spiro atoms. The maximum Gasteiger partial charge on any atom is 0.217 e. The van der Waals surface area contributed by atoms with Gasteiger partial charge in [-0.1, -0.05) is 0 Å². The van der Waals surface area contributed by atoms with Crippen molar-refractivity contribution >= 4 is 11.6 Å². The summed E-state index contributed by atoms with van der Waals surface area (Å²) in [4.78, 5) is 14.7. The molecule has 0 radical (unpaired) electrons. The van der Waals surface area contributed by atoms with E-state index < -0.39 is 0 Å². The average Bonchev–Trinajstić information content (AvgIpc) is 2.40. The molecular weight excluding hydrogens is 242 g/mol. The molecule has 0 aliphatic carbocycles. The fourth-order valence-corrected chi connectivity index (χ4v) is 2.41. The number of phenolic OH excluding ortho intramolecular Hbond substituents is 1. The van der Waals surface area contributed by atoms with Crippen molar-refractivity contribution in [2.24, 2.45) is 0 Å². The lowest BCUT2D eigenvalue weighted by molar-refractivity contribution is -0.899. The van der Waals surface area contributed by atoms with E-state index in [9.17, 15) is 9.90 Å². The summed E-state index contributed by atoms with van der Waals surface area (Å²) in [5.41, 5.74) is 1.17. The van der Waals surface area contributed by atoms with Crippen LogP contribution < -0.4 is 15.1 Å². The number of anilines is 1. The molecule has 1 amide bonds. The van der Waals surface area contributed by atoms with E-state index in [0.717, 1.165) is 39.3 Å². The molecule has 2 rings (SSSR count). The molecule has 1 aromatic carbocycles. The molecule has 5 nitrogen and oxygen atoms in total. The highest BCUT2D eigenvalue weighted by atomic mass is 16.3. The molecule has 104 valence electrons. The lowest BCUT2D eigenvalue weighted by atomic mass is 10.2. The van der Waals surface area contributed by atoms with Crippen LogP contribution in [0, 0.1) is 0 Å². The van der Waals surface area contributed by atoms with Crippen molar-refractivity contribution in [2.45, 2.75) is 6.92 Å². The number of quaternary nitrogens is 1. The smallest absolute Gasteiger partial charge is 0.217 e. The second-order valence-electron chi connectivity index (χ2n) is 4.99.